The van der Waals surface area contributed by atoms with E-state index < -0.39 is 17.7 Å². The van der Waals surface area contributed by atoms with E-state index in [-0.39, 0.29) is 16.9 Å². The minimum absolute atomic E-state index is 0.150. The third kappa shape index (κ3) is 2.83. The summed E-state index contributed by atoms with van der Waals surface area (Å²) in [6.07, 6.45) is 0. The zero-order chi connectivity index (χ0) is 15.6. The molecule has 1 unspecified atom stereocenters. The van der Waals surface area contributed by atoms with E-state index in [4.69, 9.17) is 15.2 Å². The van der Waals surface area contributed by atoms with Gasteiger partial charge in [0.1, 0.15) is 11.6 Å². The number of ether oxygens (including phenoxy) is 2. The van der Waals surface area contributed by atoms with Crippen molar-refractivity contribution in [2.24, 2.45) is 5.73 Å². The molecule has 0 saturated carbocycles. The van der Waals surface area contributed by atoms with Gasteiger partial charge >= 0.3 is 0 Å². The monoisotopic (exact) mass is 293 g/mol. The second-order valence-electron chi connectivity index (χ2n) is 4.68. The molecule has 0 fully saturated rings. The summed E-state index contributed by atoms with van der Waals surface area (Å²) in [5.41, 5.74) is 6.87. The molecule has 2 N–H and O–H groups in total. The van der Waals surface area contributed by atoms with Gasteiger partial charge in [0.15, 0.2) is 11.5 Å². The Morgan fingerprint density at radius 3 is 2.24 bits per heavy atom. The maximum Gasteiger partial charge on any atom is 0.163 e. The molecule has 1 atom stereocenters. The van der Waals surface area contributed by atoms with Crippen LogP contribution in [0.3, 0.4) is 0 Å². The molecule has 21 heavy (non-hydrogen) atoms. The van der Waals surface area contributed by atoms with Crippen LogP contribution in [-0.4, -0.2) is 14.2 Å². The van der Waals surface area contributed by atoms with Crippen molar-refractivity contribution in [3.05, 3.63) is 58.7 Å². The first-order valence-electron chi connectivity index (χ1n) is 6.41. The van der Waals surface area contributed by atoms with Crippen molar-refractivity contribution in [2.75, 3.05) is 14.2 Å². The second kappa shape index (κ2) is 6.10. The van der Waals surface area contributed by atoms with Crippen molar-refractivity contribution < 1.29 is 18.3 Å². The average Bonchev–Trinajstić information content (AvgIpc) is 2.49. The normalized spacial score (nSPS) is 12.1. The third-order valence-electron chi connectivity index (χ3n) is 3.39. The van der Waals surface area contributed by atoms with E-state index in [1.165, 1.54) is 26.4 Å². The lowest BCUT2D eigenvalue weighted by Gasteiger charge is -2.17. The van der Waals surface area contributed by atoms with Crippen molar-refractivity contribution in [1.29, 1.82) is 0 Å². The molecule has 112 valence electrons. The van der Waals surface area contributed by atoms with Gasteiger partial charge in [0.05, 0.1) is 20.3 Å². The maximum atomic E-state index is 14.2. The Kier molecular flexibility index (Phi) is 4.43. The number of aryl methyl sites for hydroxylation is 1. The molecule has 3 nitrogen and oxygen atoms in total. The van der Waals surface area contributed by atoms with E-state index in [1.54, 1.807) is 25.1 Å². The van der Waals surface area contributed by atoms with Gasteiger partial charge in [-0.15, -0.1) is 0 Å². The maximum absolute atomic E-state index is 14.2. The quantitative estimate of drug-likeness (QED) is 0.940. The van der Waals surface area contributed by atoms with Crippen LogP contribution in [-0.2, 0) is 0 Å². The molecule has 0 aliphatic heterocycles. The Morgan fingerprint density at radius 1 is 1.00 bits per heavy atom. The van der Waals surface area contributed by atoms with E-state index in [0.29, 0.717) is 11.3 Å². The van der Waals surface area contributed by atoms with Crippen LogP contribution in [0.1, 0.15) is 22.7 Å². The molecule has 0 aliphatic rings. The van der Waals surface area contributed by atoms with Crippen LogP contribution in [0.4, 0.5) is 8.78 Å². The molecular formula is C16H17F2NO2. The highest BCUT2D eigenvalue weighted by atomic mass is 19.1. The molecule has 0 spiro atoms. The van der Waals surface area contributed by atoms with Crippen LogP contribution in [0.15, 0.2) is 30.3 Å². The molecule has 0 heterocycles. The zero-order valence-electron chi connectivity index (χ0n) is 12.1. The number of halogens is 2. The van der Waals surface area contributed by atoms with Gasteiger partial charge in [-0.3, -0.25) is 0 Å². The lowest BCUT2D eigenvalue weighted by Crippen LogP contribution is -2.16. The summed E-state index contributed by atoms with van der Waals surface area (Å²) in [6.45, 7) is 1.64. The van der Waals surface area contributed by atoms with Crippen LogP contribution >= 0.6 is 0 Å². The molecule has 5 heteroatoms. The first-order valence-corrected chi connectivity index (χ1v) is 6.41. The van der Waals surface area contributed by atoms with Crippen LogP contribution < -0.4 is 15.2 Å². The summed E-state index contributed by atoms with van der Waals surface area (Å²) in [4.78, 5) is 0. The fraction of sp³-hybridized carbons (Fsp3) is 0.250. The summed E-state index contributed by atoms with van der Waals surface area (Å²) >= 11 is 0. The topological polar surface area (TPSA) is 44.5 Å². The predicted octanol–water partition coefficient (Wildman–Crippen LogP) is 3.34. The molecule has 0 aliphatic carbocycles. The number of benzene rings is 2. The second-order valence-corrected chi connectivity index (χ2v) is 4.68. The van der Waals surface area contributed by atoms with E-state index in [9.17, 15) is 8.78 Å². The molecule has 0 amide bonds. The van der Waals surface area contributed by atoms with Crippen molar-refractivity contribution in [2.45, 2.75) is 13.0 Å². The van der Waals surface area contributed by atoms with Crippen LogP contribution in [0.5, 0.6) is 11.5 Å². The van der Waals surface area contributed by atoms with Crippen molar-refractivity contribution in [1.82, 2.24) is 0 Å². The van der Waals surface area contributed by atoms with Gasteiger partial charge in [-0.05, 0) is 18.6 Å². The smallest absolute Gasteiger partial charge is 0.163 e. The number of hydrogen-bond acceptors (Lipinski definition) is 3. The number of rotatable bonds is 4. The molecule has 0 radical (unpaired) electrons. The molecule has 0 aromatic heterocycles. The van der Waals surface area contributed by atoms with Crippen molar-refractivity contribution in [3.63, 3.8) is 0 Å². The predicted molar refractivity (Wildman–Crippen MR) is 76.7 cm³/mol. The van der Waals surface area contributed by atoms with Gasteiger partial charge < -0.3 is 15.2 Å². The zero-order valence-corrected chi connectivity index (χ0v) is 12.1. The van der Waals surface area contributed by atoms with Crippen molar-refractivity contribution in [3.8, 4) is 11.5 Å². The lowest BCUT2D eigenvalue weighted by atomic mass is 9.96. The first-order chi connectivity index (χ1) is 9.99. The molecule has 2 aromatic rings. The highest BCUT2D eigenvalue weighted by Crippen LogP contribution is 2.34. The van der Waals surface area contributed by atoms with E-state index in [2.05, 4.69) is 0 Å². The third-order valence-corrected chi connectivity index (χ3v) is 3.39. The molecule has 2 rings (SSSR count). The Balaban J connectivity index is 2.53. The van der Waals surface area contributed by atoms with Crippen molar-refractivity contribution >= 4 is 0 Å². The lowest BCUT2D eigenvalue weighted by molar-refractivity contribution is 0.351. The largest absolute Gasteiger partial charge is 0.493 e. The van der Waals surface area contributed by atoms with Crippen LogP contribution in [0.25, 0.3) is 0 Å². The minimum Gasteiger partial charge on any atom is -0.493 e. The Hall–Kier alpha value is -2.14. The summed E-state index contributed by atoms with van der Waals surface area (Å²) in [5.74, 6) is -0.395. The van der Waals surface area contributed by atoms with Crippen LogP contribution in [0, 0.1) is 18.6 Å². The minimum atomic E-state index is -0.926. The number of hydrogen-bond donors (Lipinski definition) is 1. The number of methoxy groups -OCH3 is 2. The molecule has 0 saturated heterocycles. The summed E-state index contributed by atoms with van der Waals surface area (Å²) < 4.78 is 38.5. The average molecular weight is 293 g/mol. The summed E-state index contributed by atoms with van der Waals surface area (Å²) in [6, 6.07) is 6.55. The molecule has 0 bridgehead atoms. The van der Waals surface area contributed by atoms with Gasteiger partial charge in [0, 0.05) is 17.2 Å². The van der Waals surface area contributed by atoms with E-state index >= 15 is 0 Å². The van der Waals surface area contributed by atoms with Gasteiger partial charge in [-0.2, -0.15) is 0 Å². The molecular weight excluding hydrogens is 276 g/mol. The number of nitrogens with two attached hydrogens (primary N) is 1. The standard InChI is InChI=1S/C16H17F2NO2/c1-9-5-4-6-10(15(9)18)16(19)11-7-13(20-2)14(21-3)8-12(11)17/h4-8,16H,19H2,1-3H3. The van der Waals surface area contributed by atoms with E-state index in [1.807, 2.05) is 0 Å². The Morgan fingerprint density at radius 2 is 1.62 bits per heavy atom. The fourth-order valence-corrected chi connectivity index (χ4v) is 2.19. The Bertz CT molecular complexity index is 659. The summed E-state index contributed by atoms with van der Waals surface area (Å²) in [7, 11) is 2.86. The van der Waals surface area contributed by atoms with Crippen LogP contribution in [0.2, 0.25) is 0 Å². The van der Waals surface area contributed by atoms with Gasteiger partial charge in [-0.1, -0.05) is 18.2 Å². The SMILES string of the molecule is COc1cc(F)c(C(N)c2cccc(C)c2F)cc1OC. The van der Waals surface area contributed by atoms with Gasteiger partial charge in [-0.25, -0.2) is 8.78 Å². The Labute approximate surface area is 122 Å². The summed E-state index contributed by atoms with van der Waals surface area (Å²) in [5, 5.41) is 0. The fourth-order valence-electron chi connectivity index (χ4n) is 2.19. The highest BCUT2D eigenvalue weighted by Gasteiger charge is 2.21. The molecule has 2 aromatic carbocycles. The first kappa shape index (κ1) is 15.3. The van der Waals surface area contributed by atoms with E-state index in [0.717, 1.165) is 0 Å². The van der Waals surface area contributed by atoms with Gasteiger partial charge in [0.2, 0.25) is 0 Å². The highest BCUT2D eigenvalue weighted by molar-refractivity contribution is 5.47. The van der Waals surface area contributed by atoms with Gasteiger partial charge in [0.25, 0.3) is 0 Å².